The third kappa shape index (κ3) is 17.3. The summed E-state index contributed by atoms with van der Waals surface area (Å²) >= 11 is 0. The fourth-order valence-corrected chi connectivity index (χ4v) is 5.06. The molecule has 0 saturated carbocycles. The maximum atomic E-state index is 12.2. The van der Waals surface area contributed by atoms with Crippen molar-refractivity contribution in [2.24, 2.45) is 0 Å². The van der Waals surface area contributed by atoms with Crippen molar-refractivity contribution in [3.8, 4) is 11.5 Å². The van der Waals surface area contributed by atoms with Gasteiger partial charge in [0.05, 0.1) is 0 Å². The summed E-state index contributed by atoms with van der Waals surface area (Å²) in [6.07, 6.45) is 20.0. The van der Waals surface area contributed by atoms with Crippen LogP contribution in [0.1, 0.15) is 164 Å². The minimum atomic E-state index is -0.409. The van der Waals surface area contributed by atoms with Crippen LogP contribution in [0.15, 0.2) is 48.5 Å². The zero-order valence-electron chi connectivity index (χ0n) is 28.0. The molecule has 0 heterocycles. The largest absolute Gasteiger partial charge is 0.507 e. The van der Waals surface area contributed by atoms with Crippen molar-refractivity contribution in [2.75, 3.05) is 0 Å². The molecule has 2 aromatic carbocycles. The summed E-state index contributed by atoms with van der Waals surface area (Å²) < 4.78 is 11.3. The van der Waals surface area contributed by atoms with Gasteiger partial charge in [0.15, 0.2) is 0 Å². The molecule has 0 aromatic heterocycles. The minimum absolute atomic E-state index is 0.00955. The van der Waals surface area contributed by atoms with E-state index in [0.29, 0.717) is 0 Å². The zero-order valence-corrected chi connectivity index (χ0v) is 28.0. The number of phenols is 2. The Kier molecular flexibility index (Phi) is 22.4. The number of carbonyl (C=O) groups is 2. The van der Waals surface area contributed by atoms with Crippen molar-refractivity contribution in [1.29, 1.82) is 0 Å². The highest BCUT2D eigenvalue weighted by atomic mass is 16.5. The summed E-state index contributed by atoms with van der Waals surface area (Å²) in [6, 6.07) is 13.1. The van der Waals surface area contributed by atoms with Crippen molar-refractivity contribution in [1.82, 2.24) is 0 Å². The number of hydrogen-bond donors (Lipinski definition) is 2. The van der Waals surface area contributed by atoms with Gasteiger partial charge in [0.2, 0.25) is 0 Å². The third-order valence-electron chi connectivity index (χ3n) is 7.81. The minimum Gasteiger partial charge on any atom is -0.507 e. The molecule has 0 amide bonds. The van der Waals surface area contributed by atoms with Crippen LogP contribution in [-0.2, 0) is 9.47 Å². The molecule has 2 unspecified atom stereocenters. The van der Waals surface area contributed by atoms with Gasteiger partial charge in [0, 0.05) is 0 Å². The Balaban J connectivity index is 0.000000440. The third-order valence-corrected chi connectivity index (χ3v) is 7.81. The summed E-state index contributed by atoms with van der Waals surface area (Å²) in [5.74, 6) is -0.838. The number of unbranched alkanes of at least 4 members (excludes halogenated alkanes) is 10. The highest BCUT2D eigenvalue weighted by Crippen LogP contribution is 2.22. The van der Waals surface area contributed by atoms with Crippen LogP contribution in [0.25, 0.3) is 0 Å². The first-order valence-corrected chi connectivity index (χ1v) is 17.4. The van der Waals surface area contributed by atoms with E-state index >= 15 is 0 Å². The molecule has 0 radical (unpaired) electrons. The highest BCUT2D eigenvalue weighted by molar-refractivity contribution is 5.92. The molecule has 0 fully saturated rings. The van der Waals surface area contributed by atoms with E-state index < -0.39 is 11.9 Å². The molecule has 6 nitrogen and oxygen atoms in total. The SMILES string of the molecule is CCCCCCCC(CCCC)OC(=O)c1ccccc1O.CCCCCCCC(CCCC)OC(=O)c1ccccc1O. The summed E-state index contributed by atoms with van der Waals surface area (Å²) in [7, 11) is 0. The molecule has 0 aliphatic carbocycles. The van der Waals surface area contributed by atoms with Crippen LogP contribution in [0.3, 0.4) is 0 Å². The molecule has 44 heavy (non-hydrogen) atoms. The van der Waals surface area contributed by atoms with Crippen LogP contribution < -0.4 is 0 Å². The maximum Gasteiger partial charge on any atom is 0.342 e. The summed E-state index contributed by atoms with van der Waals surface area (Å²) in [4.78, 5) is 24.4. The second-order valence-electron chi connectivity index (χ2n) is 11.8. The summed E-state index contributed by atoms with van der Waals surface area (Å²) in [6.45, 7) is 8.70. The second kappa shape index (κ2) is 25.3. The van der Waals surface area contributed by atoms with E-state index in [0.717, 1.165) is 64.2 Å². The lowest BCUT2D eigenvalue weighted by molar-refractivity contribution is 0.0237. The Bertz CT molecular complexity index is 938. The average molecular weight is 613 g/mol. The van der Waals surface area contributed by atoms with Crippen LogP contribution in [0.2, 0.25) is 0 Å². The van der Waals surface area contributed by atoms with E-state index in [2.05, 4.69) is 27.7 Å². The van der Waals surface area contributed by atoms with Crippen molar-refractivity contribution >= 4 is 11.9 Å². The van der Waals surface area contributed by atoms with Crippen molar-refractivity contribution in [3.63, 3.8) is 0 Å². The first-order valence-electron chi connectivity index (χ1n) is 17.4. The Morgan fingerprint density at radius 1 is 0.500 bits per heavy atom. The van der Waals surface area contributed by atoms with Gasteiger partial charge in [-0.05, 0) is 62.8 Å². The molecular weight excluding hydrogens is 552 g/mol. The number of para-hydroxylation sites is 2. The topological polar surface area (TPSA) is 93.1 Å². The van der Waals surface area contributed by atoms with Gasteiger partial charge >= 0.3 is 11.9 Å². The lowest BCUT2D eigenvalue weighted by Crippen LogP contribution is -2.18. The predicted octanol–water partition coefficient (Wildman–Crippen LogP) is 10.9. The van der Waals surface area contributed by atoms with Gasteiger partial charge < -0.3 is 19.7 Å². The summed E-state index contributed by atoms with van der Waals surface area (Å²) in [5.41, 5.74) is 0.518. The van der Waals surface area contributed by atoms with Crippen molar-refractivity contribution < 1.29 is 29.3 Å². The van der Waals surface area contributed by atoms with E-state index in [1.54, 1.807) is 36.4 Å². The van der Waals surface area contributed by atoms with Gasteiger partial charge in [-0.25, -0.2) is 9.59 Å². The van der Waals surface area contributed by atoms with Crippen molar-refractivity contribution in [2.45, 2.75) is 155 Å². The number of carbonyl (C=O) groups excluding carboxylic acids is 2. The summed E-state index contributed by atoms with van der Waals surface area (Å²) in [5, 5.41) is 19.5. The van der Waals surface area contributed by atoms with Crippen LogP contribution in [0, 0.1) is 0 Å². The number of rotatable bonds is 22. The van der Waals surface area contributed by atoms with Gasteiger partial charge in [-0.3, -0.25) is 0 Å². The first kappa shape index (κ1) is 39.0. The second-order valence-corrected chi connectivity index (χ2v) is 11.8. The number of hydrogen-bond acceptors (Lipinski definition) is 6. The lowest BCUT2D eigenvalue weighted by atomic mass is 10.0. The molecule has 0 spiro atoms. The van der Waals surface area contributed by atoms with E-state index in [4.69, 9.17) is 9.47 Å². The fraction of sp³-hybridized carbons (Fsp3) is 0.632. The molecule has 0 aliphatic heterocycles. The maximum absolute atomic E-state index is 12.2. The average Bonchev–Trinajstić information content (AvgIpc) is 3.02. The Labute approximate surface area is 267 Å². The van der Waals surface area contributed by atoms with Gasteiger partial charge in [-0.2, -0.15) is 0 Å². The van der Waals surface area contributed by atoms with Gasteiger partial charge in [-0.15, -0.1) is 0 Å². The highest BCUT2D eigenvalue weighted by Gasteiger charge is 2.19. The van der Waals surface area contributed by atoms with Gasteiger partial charge in [0.25, 0.3) is 0 Å². The zero-order chi connectivity index (χ0) is 32.4. The van der Waals surface area contributed by atoms with Crippen molar-refractivity contribution in [3.05, 3.63) is 59.7 Å². The molecule has 2 rings (SSSR count). The number of ether oxygens (including phenoxy) is 2. The Morgan fingerprint density at radius 3 is 1.16 bits per heavy atom. The molecule has 2 atom stereocenters. The molecule has 248 valence electrons. The number of aromatic hydroxyl groups is 2. The van der Waals surface area contributed by atoms with Crippen LogP contribution >= 0.6 is 0 Å². The molecule has 0 aliphatic rings. The smallest absolute Gasteiger partial charge is 0.342 e. The van der Waals surface area contributed by atoms with Crippen LogP contribution in [-0.4, -0.2) is 34.4 Å². The normalized spacial score (nSPS) is 12.1. The van der Waals surface area contributed by atoms with E-state index in [1.807, 2.05) is 0 Å². The number of esters is 2. The monoisotopic (exact) mass is 612 g/mol. The van der Waals surface area contributed by atoms with Gasteiger partial charge in [0.1, 0.15) is 34.8 Å². The lowest BCUT2D eigenvalue weighted by Gasteiger charge is -2.18. The molecule has 6 heteroatoms. The quantitative estimate of drug-likeness (QED) is 0.101. The predicted molar refractivity (Wildman–Crippen MR) is 180 cm³/mol. The number of phenolic OH excluding ortho intramolecular Hbond substituents is 2. The Morgan fingerprint density at radius 2 is 0.818 bits per heavy atom. The molecule has 2 N–H and O–H groups in total. The van der Waals surface area contributed by atoms with Crippen LogP contribution in [0.5, 0.6) is 11.5 Å². The standard InChI is InChI=1S/2C19H30O3/c2*1-3-5-7-8-9-13-16(12-6-4-2)22-19(21)17-14-10-11-15-18(17)20/h2*10-11,14-16,20H,3-9,12-13H2,1-2H3. The Hall–Kier alpha value is -3.02. The first-order chi connectivity index (χ1) is 21.4. The fourth-order valence-electron chi connectivity index (χ4n) is 5.06. The molecule has 2 aromatic rings. The van der Waals surface area contributed by atoms with E-state index in [9.17, 15) is 19.8 Å². The van der Waals surface area contributed by atoms with E-state index in [-0.39, 0.29) is 34.8 Å². The molecule has 0 saturated heterocycles. The van der Waals surface area contributed by atoms with E-state index in [1.165, 1.54) is 63.5 Å². The molecular formula is C38H60O6. The van der Waals surface area contributed by atoms with Gasteiger partial charge in [-0.1, -0.05) is 129 Å². The molecule has 0 bridgehead atoms. The number of benzene rings is 2. The van der Waals surface area contributed by atoms with Crippen LogP contribution in [0.4, 0.5) is 0 Å².